The van der Waals surface area contributed by atoms with Gasteiger partial charge < -0.3 is 18.9 Å². The Morgan fingerprint density at radius 2 is 1.91 bits per heavy atom. The Balaban J connectivity index is 1.64. The Bertz CT molecular complexity index is 606. The summed E-state index contributed by atoms with van der Waals surface area (Å²) in [5.41, 5.74) is 1.12. The maximum atomic E-state index is 5.86. The second-order valence-electron chi connectivity index (χ2n) is 5.50. The van der Waals surface area contributed by atoms with Crippen LogP contribution in [-0.4, -0.2) is 20.0 Å². The summed E-state index contributed by atoms with van der Waals surface area (Å²) in [6.07, 6.45) is 3.01. The molecule has 4 heteroatoms. The number of benzene rings is 2. The van der Waals surface area contributed by atoms with Crippen LogP contribution in [0, 0.1) is 0 Å². The first-order valence-corrected chi connectivity index (χ1v) is 7.98. The first-order chi connectivity index (χ1) is 11.3. The Morgan fingerprint density at radius 3 is 2.65 bits per heavy atom. The average molecular weight is 314 g/mol. The molecule has 0 aliphatic carbocycles. The van der Waals surface area contributed by atoms with Crippen molar-refractivity contribution in [2.24, 2.45) is 0 Å². The molecule has 1 atom stereocenters. The largest absolute Gasteiger partial charge is 0.493 e. The van der Waals surface area contributed by atoms with Crippen molar-refractivity contribution in [2.75, 3.05) is 13.7 Å². The van der Waals surface area contributed by atoms with Gasteiger partial charge in [0.05, 0.1) is 13.7 Å². The van der Waals surface area contributed by atoms with Crippen LogP contribution in [0.5, 0.6) is 17.2 Å². The number of hydrogen-bond donors (Lipinski definition) is 0. The Kier molecular flexibility index (Phi) is 5.37. The fourth-order valence-electron chi connectivity index (χ4n) is 2.53. The lowest BCUT2D eigenvalue weighted by atomic mass is 10.2. The molecule has 0 bridgehead atoms. The smallest absolute Gasteiger partial charge is 0.199 e. The van der Waals surface area contributed by atoms with Crippen LogP contribution in [-0.2, 0) is 11.3 Å². The Labute approximate surface area is 136 Å². The van der Waals surface area contributed by atoms with Crippen LogP contribution < -0.4 is 14.2 Å². The zero-order chi connectivity index (χ0) is 15.9. The SMILES string of the molecule is COc1cc(OC2CCCCO2)ccc1OCc1ccccc1. The monoisotopic (exact) mass is 314 g/mol. The molecular weight excluding hydrogens is 292 g/mol. The van der Waals surface area contributed by atoms with E-state index in [0.717, 1.165) is 37.2 Å². The quantitative estimate of drug-likeness (QED) is 0.801. The molecule has 0 radical (unpaired) electrons. The third-order valence-electron chi connectivity index (χ3n) is 3.78. The van der Waals surface area contributed by atoms with Crippen molar-refractivity contribution in [3.05, 3.63) is 54.1 Å². The van der Waals surface area contributed by atoms with Gasteiger partial charge in [0.15, 0.2) is 17.8 Å². The van der Waals surface area contributed by atoms with E-state index >= 15 is 0 Å². The van der Waals surface area contributed by atoms with E-state index in [0.29, 0.717) is 18.1 Å². The maximum Gasteiger partial charge on any atom is 0.199 e. The topological polar surface area (TPSA) is 36.9 Å². The van der Waals surface area contributed by atoms with Crippen molar-refractivity contribution >= 4 is 0 Å². The van der Waals surface area contributed by atoms with Crippen LogP contribution in [0.4, 0.5) is 0 Å². The molecule has 2 aromatic carbocycles. The van der Waals surface area contributed by atoms with Gasteiger partial charge in [-0.05, 0) is 30.5 Å². The Hall–Kier alpha value is -2.20. The molecule has 1 aliphatic heterocycles. The van der Waals surface area contributed by atoms with Gasteiger partial charge >= 0.3 is 0 Å². The zero-order valence-corrected chi connectivity index (χ0v) is 13.4. The second kappa shape index (κ2) is 7.88. The van der Waals surface area contributed by atoms with Gasteiger partial charge in [-0.3, -0.25) is 0 Å². The van der Waals surface area contributed by atoms with Crippen LogP contribution in [0.25, 0.3) is 0 Å². The van der Waals surface area contributed by atoms with Gasteiger partial charge in [-0.2, -0.15) is 0 Å². The predicted octanol–water partition coefficient (Wildman–Crippen LogP) is 4.18. The van der Waals surface area contributed by atoms with Crippen molar-refractivity contribution in [3.63, 3.8) is 0 Å². The van der Waals surface area contributed by atoms with Crippen molar-refractivity contribution < 1.29 is 18.9 Å². The third kappa shape index (κ3) is 4.39. The summed E-state index contributed by atoms with van der Waals surface area (Å²) in [6.45, 7) is 1.27. The normalized spacial score (nSPS) is 17.5. The first kappa shape index (κ1) is 15.7. The number of ether oxygens (including phenoxy) is 4. The molecule has 122 valence electrons. The highest BCUT2D eigenvalue weighted by molar-refractivity contribution is 5.45. The van der Waals surface area contributed by atoms with Crippen molar-refractivity contribution in [2.45, 2.75) is 32.2 Å². The molecule has 1 heterocycles. The molecule has 0 saturated carbocycles. The molecule has 0 amide bonds. The van der Waals surface area contributed by atoms with Gasteiger partial charge in [-0.15, -0.1) is 0 Å². The average Bonchev–Trinajstić information content (AvgIpc) is 2.62. The molecule has 2 aromatic rings. The van der Waals surface area contributed by atoms with E-state index in [-0.39, 0.29) is 6.29 Å². The van der Waals surface area contributed by atoms with Crippen LogP contribution in [0.1, 0.15) is 24.8 Å². The summed E-state index contributed by atoms with van der Waals surface area (Å²) in [7, 11) is 1.63. The van der Waals surface area contributed by atoms with Crippen LogP contribution in [0.2, 0.25) is 0 Å². The summed E-state index contributed by atoms with van der Waals surface area (Å²) >= 11 is 0. The number of hydrogen-bond acceptors (Lipinski definition) is 4. The molecule has 1 fully saturated rings. The molecule has 0 spiro atoms. The van der Waals surface area contributed by atoms with E-state index in [9.17, 15) is 0 Å². The molecule has 4 nitrogen and oxygen atoms in total. The minimum atomic E-state index is -0.162. The zero-order valence-electron chi connectivity index (χ0n) is 13.4. The fourth-order valence-corrected chi connectivity index (χ4v) is 2.53. The summed E-state index contributed by atoms with van der Waals surface area (Å²) in [5.74, 6) is 2.10. The van der Waals surface area contributed by atoms with Crippen LogP contribution >= 0.6 is 0 Å². The maximum absolute atomic E-state index is 5.86. The van der Waals surface area contributed by atoms with E-state index in [1.54, 1.807) is 7.11 Å². The second-order valence-corrected chi connectivity index (χ2v) is 5.50. The molecule has 3 rings (SSSR count). The van der Waals surface area contributed by atoms with Crippen molar-refractivity contribution in [1.29, 1.82) is 0 Å². The van der Waals surface area contributed by atoms with E-state index < -0.39 is 0 Å². The molecule has 1 unspecified atom stereocenters. The van der Waals surface area contributed by atoms with Crippen molar-refractivity contribution in [3.8, 4) is 17.2 Å². The van der Waals surface area contributed by atoms with E-state index in [1.165, 1.54) is 0 Å². The van der Waals surface area contributed by atoms with Crippen molar-refractivity contribution in [1.82, 2.24) is 0 Å². The molecular formula is C19H22O4. The van der Waals surface area contributed by atoms with Gasteiger partial charge in [0, 0.05) is 12.5 Å². The number of methoxy groups -OCH3 is 1. The van der Waals surface area contributed by atoms with E-state index in [2.05, 4.69) is 0 Å². The molecule has 0 N–H and O–H groups in total. The lowest BCUT2D eigenvalue weighted by molar-refractivity contribution is -0.105. The molecule has 1 saturated heterocycles. The molecule has 0 aromatic heterocycles. The molecule has 23 heavy (non-hydrogen) atoms. The van der Waals surface area contributed by atoms with E-state index in [1.807, 2.05) is 48.5 Å². The fraction of sp³-hybridized carbons (Fsp3) is 0.368. The number of rotatable bonds is 6. The summed E-state index contributed by atoms with van der Waals surface area (Å²) < 4.78 is 22.7. The third-order valence-corrected chi connectivity index (χ3v) is 3.78. The van der Waals surface area contributed by atoms with Gasteiger partial charge in [0.1, 0.15) is 12.4 Å². The van der Waals surface area contributed by atoms with Gasteiger partial charge in [0.25, 0.3) is 0 Å². The van der Waals surface area contributed by atoms with Gasteiger partial charge in [-0.25, -0.2) is 0 Å². The lowest BCUT2D eigenvalue weighted by Crippen LogP contribution is -2.24. The van der Waals surface area contributed by atoms with Gasteiger partial charge in [0.2, 0.25) is 0 Å². The molecule has 1 aliphatic rings. The summed E-state index contributed by atoms with van der Waals surface area (Å²) in [6, 6.07) is 15.7. The highest BCUT2D eigenvalue weighted by Crippen LogP contribution is 2.33. The first-order valence-electron chi connectivity index (χ1n) is 7.98. The van der Waals surface area contributed by atoms with Crippen LogP contribution in [0.3, 0.4) is 0 Å². The standard InChI is InChI=1S/C19H22O4/c1-20-18-13-16(23-19-9-5-6-12-21-19)10-11-17(18)22-14-15-7-3-2-4-8-15/h2-4,7-8,10-11,13,19H,5-6,9,12,14H2,1H3. The predicted molar refractivity (Wildman–Crippen MR) is 88.0 cm³/mol. The Morgan fingerprint density at radius 1 is 1.04 bits per heavy atom. The van der Waals surface area contributed by atoms with Crippen LogP contribution in [0.15, 0.2) is 48.5 Å². The highest BCUT2D eigenvalue weighted by Gasteiger charge is 2.16. The summed E-state index contributed by atoms with van der Waals surface area (Å²) in [5, 5.41) is 0. The lowest BCUT2D eigenvalue weighted by Gasteiger charge is -2.23. The summed E-state index contributed by atoms with van der Waals surface area (Å²) in [4.78, 5) is 0. The minimum absolute atomic E-state index is 0.162. The van der Waals surface area contributed by atoms with Gasteiger partial charge in [-0.1, -0.05) is 30.3 Å². The van der Waals surface area contributed by atoms with E-state index in [4.69, 9.17) is 18.9 Å². The highest BCUT2D eigenvalue weighted by atomic mass is 16.7. The minimum Gasteiger partial charge on any atom is -0.493 e.